The van der Waals surface area contributed by atoms with E-state index in [1.54, 1.807) is 7.05 Å². The number of carbonyl (C=O) groups excluding carboxylic acids is 1. The van der Waals surface area contributed by atoms with Crippen molar-refractivity contribution < 1.29 is 9.53 Å². The number of carbonyl (C=O) groups is 1. The second-order valence-electron chi connectivity index (χ2n) is 7.54. The van der Waals surface area contributed by atoms with Crippen LogP contribution in [-0.2, 0) is 4.74 Å². The van der Waals surface area contributed by atoms with Crippen molar-refractivity contribution in [1.29, 1.82) is 0 Å². The molecule has 0 unspecified atom stereocenters. The second-order valence-corrected chi connectivity index (χ2v) is 7.54. The average molecular weight is 333 g/mol. The molecular formula is C19H31N3O2. The number of rotatable bonds is 5. The fourth-order valence-electron chi connectivity index (χ4n) is 3.05. The first-order valence-electron chi connectivity index (χ1n) is 8.98. The third kappa shape index (κ3) is 4.94. The van der Waals surface area contributed by atoms with E-state index in [0.717, 1.165) is 6.54 Å². The zero-order valence-electron chi connectivity index (χ0n) is 15.7. The molecule has 0 radical (unpaired) electrons. The number of unbranched alkanes of at least 4 members (excludes halogenated alkanes) is 1. The third-order valence-corrected chi connectivity index (χ3v) is 4.33. The lowest BCUT2D eigenvalue weighted by Gasteiger charge is -2.26. The molecule has 5 nitrogen and oxygen atoms in total. The van der Waals surface area contributed by atoms with Gasteiger partial charge in [-0.1, -0.05) is 19.4 Å². The van der Waals surface area contributed by atoms with Gasteiger partial charge in [-0.2, -0.15) is 0 Å². The minimum Gasteiger partial charge on any atom is -0.443 e. The van der Waals surface area contributed by atoms with Crippen LogP contribution in [0.4, 0.5) is 10.6 Å². The van der Waals surface area contributed by atoms with Gasteiger partial charge in [-0.15, -0.1) is 0 Å². The first kappa shape index (κ1) is 18.7. The summed E-state index contributed by atoms with van der Waals surface area (Å²) in [5, 5.41) is 0. The van der Waals surface area contributed by atoms with Gasteiger partial charge in [0.25, 0.3) is 0 Å². The van der Waals surface area contributed by atoms with Crippen LogP contribution < -0.4 is 4.90 Å². The molecule has 1 aromatic heterocycles. The topological polar surface area (TPSA) is 45.7 Å². The number of hydrogen-bond donors (Lipinski definition) is 0. The minimum atomic E-state index is -0.505. The Kier molecular flexibility index (Phi) is 6.21. The highest BCUT2D eigenvalue weighted by molar-refractivity contribution is 5.85. The Morgan fingerprint density at radius 1 is 1.42 bits per heavy atom. The minimum absolute atomic E-state index is 0.381. The lowest BCUT2D eigenvalue weighted by molar-refractivity contribution is 0.0588. The zero-order chi connectivity index (χ0) is 17.7. The molecule has 0 spiro atoms. The highest BCUT2D eigenvalue weighted by Crippen LogP contribution is 2.32. The van der Waals surface area contributed by atoms with Gasteiger partial charge in [0.1, 0.15) is 11.4 Å². The Morgan fingerprint density at radius 3 is 2.75 bits per heavy atom. The van der Waals surface area contributed by atoms with E-state index in [1.807, 2.05) is 33.0 Å². The van der Waals surface area contributed by atoms with E-state index in [9.17, 15) is 4.79 Å². The van der Waals surface area contributed by atoms with Crippen molar-refractivity contribution in [3.63, 3.8) is 0 Å². The van der Waals surface area contributed by atoms with E-state index in [-0.39, 0.29) is 6.09 Å². The maximum atomic E-state index is 12.1. The molecule has 134 valence electrons. The molecule has 2 heterocycles. The summed E-state index contributed by atoms with van der Waals surface area (Å²) < 4.78 is 5.38. The van der Waals surface area contributed by atoms with Gasteiger partial charge >= 0.3 is 6.09 Å². The number of anilines is 1. The van der Waals surface area contributed by atoms with Gasteiger partial charge in [-0.05, 0) is 64.8 Å². The van der Waals surface area contributed by atoms with E-state index in [0.29, 0.717) is 11.9 Å². The zero-order valence-corrected chi connectivity index (χ0v) is 15.7. The van der Waals surface area contributed by atoms with Crippen LogP contribution in [0.1, 0.15) is 65.0 Å². The highest BCUT2D eigenvalue weighted by atomic mass is 16.6. The van der Waals surface area contributed by atoms with E-state index in [1.165, 1.54) is 42.7 Å². The van der Waals surface area contributed by atoms with Crippen LogP contribution >= 0.6 is 0 Å². The number of likely N-dealkylation sites (tertiary alicyclic amines) is 1. The van der Waals surface area contributed by atoms with E-state index in [2.05, 4.69) is 22.9 Å². The Morgan fingerprint density at radius 2 is 2.17 bits per heavy atom. The van der Waals surface area contributed by atoms with Gasteiger partial charge in [0, 0.05) is 19.3 Å². The Bertz CT molecular complexity index is 537. The average Bonchev–Trinajstić information content (AvgIpc) is 2.99. The summed E-state index contributed by atoms with van der Waals surface area (Å²) in [6.07, 6.45) is 6.42. The lowest BCUT2D eigenvalue weighted by Crippen LogP contribution is -2.34. The fourth-order valence-corrected chi connectivity index (χ4v) is 3.05. The molecule has 1 aliphatic heterocycles. The normalized spacial score (nSPS) is 18.6. The molecule has 1 fully saturated rings. The summed E-state index contributed by atoms with van der Waals surface area (Å²) in [6.45, 7) is 10.1. The summed E-state index contributed by atoms with van der Waals surface area (Å²) >= 11 is 0. The Hall–Kier alpha value is -1.62. The summed E-state index contributed by atoms with van der Waals surface area (Å²) in [6, 6.07) is 4.47. The molecule has 24 heavy (non-hydrogen) atoms. The van der Waals surface area contributed by atoms with E-state index >= 15 is 0 Å². The number of amides is 1. The summed E-state index contributed by atoms with van der Waals surface area (Å²) in [4.78, 5) is 20.6. The van der Waals surface area contributed by atoms with Gasteiger partial charge in [0.15, 0.2) is 0 Å². The number of pyridine rings is 1. The standard InChI is InChI=1S/C19H31N3O2/c1-6-7-12-22-13-8-9-16(22)15-10-11-17(20-14-15)21(5)18(23)24-19(2,3)4/h10-11,14,16H,6-9,12-13H2,1-5H3/t16-/m1/s1. The molecule has 1 atom stereocenters. The van der Waals surface area contributed by atoms with Crippen molar-refractivity contribution in [3.8, 4) is 0 Å². The molecule has 1 aromatic rings. The Balaban J connectivity index is 2.03. The van der Waals surface area contributed by atoms with Crippen LogP contribution in [0.5, 0.6) is 0 Å². The van der Waals surface area contributed by atoms with Crippen LogP contribution in [0.15, 0.2) is 18.3 Å². The number of nitrogens with zero attached hydrogens (tertiary/aromatic N) is 3. The molecular weight excluding hydrogens is 302 g/mol. The van der Waals surface area contributed by atoms with Crippen molar-refractivity contribution in [1.82, 2.24) is 9.88 Å². The summed E-state index contributed by atoms with van der Waals surface area (Å²) in [5.41, 5.74) is 0.736. The van der Waals surface area contributed by atoms with Crippen LogP contribution in [0.2, 0.25) is 0 Å². The summed E-state index contributed by atoms with van der Waals surface area (Å²) in [7, 11) is 1.69. The molecule has 0 bridgehead atoms. The van der Waals surface area contributed by atoms with Crippen molar-refractivity contribution in [3.05, 3.63) is 23.9 Å². The molecule has 0 N–H and O–H groups in total. The number of hydrogen-bond acceptors (Lipinski definition) is 4. The smallest absolute Gasteiger partial charge is 0.415 e. The molecule has 1 amide bonds. The van der Waals surface area contributed by atoms with E-state index in [4.69, 9.17) is 4.74 Å². The van der Waals surface area contributed by atoms with E-state index < -0.39 is 5.60 Å². The predicted octanol–water partition coefficient (Wildman–Crippen LogP) is 4.39. The van der Waals surface area contributed by atoms with Crippen LogP contribution in [0.25, 0.3) is 0 Å². The predicted molar refractivity (Wildman–Crippen MR) is 97.3 cm³/mol. The number of aromatic nitrogens is 1. The molecule has 0 aliphatic carbocycles. The van der Waals surface area contributed by atoms with Gasteiger partial charge < -0.3 is 4.74 Å². The molecule has 0 saturated carbocycles. The van der Waals surface area contributed by atoms with Crippen molar-refractivity contribution >= 4 is 11.9 Å². The van der Waals surface area contributed by atoms with Gasteiger partial charge in [0.2, 0.25) is 0 Å². The molecule has 5 heteroatoms. The highest BCUT2D eigenvalue weighted by Gasteiger charge is 2.26. The van der Waals surface area contributed by atoms with Crippen LogP contribution in [-0.4, -0.2) is 41.7 Å². The van der Waals surface area contributed by atoms with Gasteiger partial charge in [0.05, 0.1) is 0 Å². The molecule has 1 saturated heterocycles. The summed E-state index contributed by atoms with van der Waals surface area (Å²) in [5.74, 6) is 0.617. The Labute approximate surface area is 146 Å². The van der Waals surface area contributed by atoms with Gasteiger partial charge in [-0.3, -0.25) is 9.80 Å². The SMILES string of the molecule is CCCCN1CCC[C@@H]1c1ccc(N(C)C(=O)OC(C)(C)C)nc1. The van der Waals surface area contributed by atoms with Crippen molar-refractivity contribution in [2.45, 2.75) is 65.0 Å². The molecule has 2 rings (SSSR count). The maximum Gasteiger partial charge on any atom is 0.415 e. The largest absolute Gasteiger partial charge is 0.443 e. The van der Waals surface area contributed by atoms with Crippen molar-refractivity contribution in [2.24, 2.45) is 0 Å². The lowest BCUT2D eigenvalue weighted by atomic mass is 10.1. The third-order valence-electron chi connectivity index (χ3n) is 4.33. The monoisotopic (exact) mass is 333 g/mol. The van der Waals surface area contributed by atoms with Crippen LogP contribution in [0, 0.1) is 0 Å². The quantitative estimate of drug-likeness (QED) is 0.801. The maximum absolute atomic E-state index is 12.1. The van der Waals surface area contributed by atoms with Crippen molar-refractivity contribution in [2.75, 3.05) is 25.0 Å². The molecule has 1 aliphatic rings. The van der Waals surface area contributed by atoms with Crippen LogP contribution in [0.3, 0.4) is 0 Å². The fraction of sp³-hybridized carbons (Fsp3) is 0.684. The second kappa shape index (κ2) is 7.97. The molecule has 0 aromatic carbocycles. The first-order chi connectivity index (χ1) is 11.3. The van der Waals surface area contributed by atoms with Gasteiger partial charge in [-0.25, -0.2) is 9.78 Å². The number of ether oxygens (including phenoxy) is 1. The first-order valence-corrected chi connectivity index (χ1v) is 8.98.